The lowest BCUT2D eigenvalue weighted by atomic mass is 10.1. The molecule has 0 bridgehead atoms. The van der Waals surface area contributed by atoms with Gasteiger partial charge in [0.05, 0.1) is 12.5 Å². The van der Waals surface area contributed by atoms with Crippen molar-refractivity contribution in [2.45, 2.75) is 19.9 Å². The molecule has 0 fully saturated rings. The zero-order valence-corrected chi connectivity index (χ0v) is 9.68. The maximum absolute atomic E-state index is 5.82. The smallest absolute Gasteiger partial charge is 0.178 e. The summed E-state index contributed by atoms with van der Waals surface area (Å²) in [6.07, 6.45) is 5.27. The fraction of sp³-hybridized carbons (Fsp3) is 0.364. The Morgan fingerprint density at radius 3 is 2.62 bits per heavy atom. The molecule has 0 spiro atoms. The molecule has 0 aliphatic heterocycles. The predicted molar refractivity (Wildman–Crippen MR) is 61.6 cm³/mol. The van der Waals surface area contributed by atoms with Crippen LogP contribution in [0.1, 0.15) is 24.2 Å². The average Bonchev–Trinajstić information content (AvgIpc) is 2.63. The van der Waals surface area contributed by atoms with Gasteiger partial charge < -0.3 is 10.3 Å². The van der Waals surface area contributed by atoms with Crippen molar-refractivity contribution in [3.63, 3.8) is 0 Å². The Hall–Kier alpha value is -1.75. The lowest BCUT2D eigenvalue weighted by molar-refractivity contribution is 0.788. The lowest BCUT2D eigenvalue weighted by Gasteiger charge is -2.09. The minimum absolute atomic E-state index is 0.0411. The highest BCUT2D eigenvalue weighted by Gasteiger charge is 2.10. The molecule has 0 aliphatic rings. The molecule has 2 N–H and O–H groups in total. The van der Waals surface area contributed by atoms with Crippen molar-refractivity contribution in [1.82, 2.24) is 19.5 Å². The van der Waals surface area contributed by atoms with Gasteiger partial charge in [-0.2, -0.15) is 0 Å². The molecule has 0 unspecified atom stereocenters. The van der Waals surface area contributed by atoms with E-state index in [1.165, 1.54) is 0 Å². The molecule has 2 rings (SSSR count). The first-order chi connectivity index (χ1) is 7.59. The normalized spacial score (nSPS) is 12.8. The van der Waals surface area contributed by atoms with Crippen molar-refractivity contribution in [1.29, 1.82) is 0 Å². The van der Waals surface area contributed by atoms with Crippen LogP contribution in [0.2, 0.25) is 0 Å². The van der Waals surface area contributed by atoms with Gasteiger partial charge in [-0.25, -0.2) is 15.0 Å². The van der Waals surface area contributed by atoms with Gasteiger partial charge in [-0.3, -0.25) is 0 Å². The third-order valence-corrected chi connectivity index (χ3v) is 2.55. The first-order valence-electron chi connectivity index (χ1n) is 5.15. The van der Waals surface area contributed by atoms with Gasteiger partial charge in [0, 0.05) is 30.5 Å². The molecule has 5 nitrogen and oxygen atoms in total. The van der Waals surface area contributed by atoms with Gasteiger partial charge in [0.2, 0.25) is 0 Å². The summed E-state index contributed by atoms with van der Waals surface area (Å²) >= 11 is 0. The summed E-state index contributed by atoms with van der Waals surface area (Å²) in [4.78, 5) is 12.8. The van der Waals surface area contributed by atoms with Crippen LogP contribution in [0.5, 0.6) is 0 Å². The number of aromatic nitrogens is 4. The van der Waals surface area contributed by atoms with Crippen molar-refractivity contribution in [3.8, 4) is 11.5 Å². The molecule has 0 radical (unpaired) electrons. The van der Waals surface area contributed by atoms with Gasteiger partial charge in [-0.15, -0.1) is 0 Å². The van der Waals surface area contributed by atoms with E-state index in [1.54, 1.807) is 18.7 Å². The quantitative estimate of drug-likeness (QED) is 0.820. The molecular formula is C11H15N5. The highest BCUT2D eigenvalue weighted by atomic mass is 15.1. The van der Waals surface area contributed by atoms with Crippen molar-refractivity contribution < 1.29 is 0 Å². The topological polar surface area (TPSA) is 69.6 Å². The molecular weight excluding hydrogens is 202 g/mol. The third kappa shape index (κ3) is 1.81. The second-order valence-electron chi connectivity index (χ2n) is 3.91. The maximum atomic E-state index is 5.82. The Kier molecular flexibility index (Phi) is 2.70. The van der Waals surface area contributed by atoms with Gasteiger partial charge >= 0.3 is 0 Å². The second-order valence-corrected chi connectivity index (χ2v) is 3.91. The van der Waals surface area contributed by atoms with Crippen LogP contribution in [0.25, 0.3) is 11.5 Å². The van der Waals surface area contributed by atoms with Gasteiger partial charge in [0.15, 0.2) is 5.82 Å². The Morgan fingerprint density at radius 1 is 1.38 bits per heavy atom. The molecule has 16 heavy (non-hydrogen) atoms. The Balaban J connectivity index is 2.46. The fourth-order valence-electron chi connectivity index (χ4n) is 1.62. The van der Waals surface area contributed by atoms with Crippen LogP contribution < -0.4 is 5.73 Å². The van der Waals surface area contributed by atoms with Gasteiger partial charge in [-0.1, -0.05) is 0 Å². The molecule has 0 saturated carbocycles. The van der Waals surface area contributed by atoms with Gasteiger partial charge in [0.1, 0.15) is 5.69 Å². The Labute approximate surface area is 94.4 Å². The summed E-state index contributed by atoms with van der Waals surface area (Å²) < 4.78 is 1.89. The standard InChI is InChI=1S/C11H15N5/c1-7(12)9-4-14-11(15-8(9)2)10-5-13-6-16(10)3/h4-7H,12H2,1-3H3/t7-/m1/s1. The molecule has 0 aromatic carbocycles. The molecule has 2 aromatic rings. The van der Waals surface area contributed by atoms with E-state index in [9.17, 15) is 0 Å². The summed E-state index contributed by atoms with van der Waals surface area (Å²) in [5, 5.41) is 0. The second kappa shape index (κ2) is 4.02. The Bertz CT molecular complexity index is 501. The lowest BCUT2D eigenvalue weighted by Crippen LogP contribution is -2.09. The predicted octanol–water partition coefficient (Wildman–Crippen LogP) is 1.21. The number of hydrogen-bond acceptors (Lipinski definition) is 4. The number of aryl methyl sites for hydroxylation is 2. The summed E-state index contributed by atoms with van der Waals surface area (Å²) in [6.45, 7) is 3.87. The minimum atomic E-state index is -0.0411. The van der Waals surface area contributed by atoms with Crippen molar-refractivity contribution in [2.24, 2.45) is 12.8 Å². The van der Waals surface area contributed by atoms with Crippen LogP contribution in [-0.4, -0.2) is 19.5 Å². The molecule has 84 valence electrons. The fourth-order valence-corrected chi connectivity index (χ4v) is 1.62. The van der Waals surface area contributed by atoms with Gasteiger partial charge in [0.25, 0.3) is 0 Å². The molecule has 0 amide bonds. The molecule has 5 heteroatoms. The van der Waals surface area contributed by atoms with Crippen molar-refractivity contribution >= 4 is 0 Å². The van der Waals surface area contributed by atoms with Crippen LogP contribution in [0.15, 0.2) is 18.7 Å². The van der Waals surface area contributed by atoms with E-state index in [0.717, 1.165) is 17.0 Å². The largest absolute Gasteiger partial charge is 0.331 e. The average molecular weight is 217 g/mol. The van der Waals surface area contributed by atoms with Crippen LogP contribution in [0.3, 0.4) is 0 Å². The third-order valence-electron chi connectivity index (χ3n) is 2.55. The first-order valence-corrected chi connectivity index (χ1v) is 5.15. The van der Waals surface area contributed by atoms with Crippen LogP contribution in [-0.2, 0) is 7.05 Å². The summed E-state index contributed by atoms with van der Waals surface area (Å²) in [7, 11) is 1.92. The van der Waals surface area contributed by atoms with Crippen LogP contribution >= 0.6 is 0 Å². The van der Waals surface area contributed by atoms with Crippen molar-refractivity contribution in [2.75, 3.05) is 0 Å². The molecule has 1 atom stereocenters. The minimum Gasteiger partial charge on any atom is -0.331 e. The Morgan fingerprint density at radius 2 is 2.12 bits per heavy atom. The SMILES string of the molecule is Cc1nc(-c2cncn2C)ncc1[C@@H](C)N. The van der Waals surface area contributed by atoms with E-state index < -0.39 is 0 Å². The van der Waals surface area contributed by atoms with E-state index in [4.69, 9.17) is 5.73 Å². The van der Waals surface area contributed by atoms with E-state index in [1.807, 2.05) is 25.5 Å². The summed E-state index contributed by atoms with van der Waals surface area (Å²) in [5.74, 6) is 0.682. The highest BCUT2D eigenvalue weighted by molar-refractivity contribution is 5.48. The van der Waals surface area contributed by atoms with E-state index >= 15 is 0 Å². The van der Waals surface area contributed by atoms with Crippen LogP contribution in [0, 0.1) is 6.92 Å². The molecule has 2 heterocycles. The number of imidazole rings is 1. The molecule has 2 aromatic heterocycles. The van der Waals surface area contributed by atoms with E-state index in [0.29, 0.717) is 5.82 Å². The van der Waals surface area contributed by atoms with E-state index in [2.05, 4.69) is 15.0 Å². The van der Waals surface area contributed by atoms with E-state index in [-0.39, 0.29) is 6.04 Å². The zero-order valence-electron chi connectivity index (χ0n) is 9.68. The van der Waals surface area contributed by atoms with Gasteiger partial charge in [-0.05, 0) is 13.8 Å². The highest BCUT2D eigenvalue weighted by Crippen LogP contribution is 2.17. The number of nitrogens with two attached hydrogens (primary N) is 1. The number of rotatable bonds is 2. The molecule has 0 aliphatic carbocycles. The van der Waals surface area contributed by atoms with Crippen LogP contribution in [0.4, 0.5) is 0 Å². The first kappa shape index (κ1) is 10.8. The number of hydrogen-bond donors (Lipinski definition) is 1. The maximum Gasteiger partial charge on any atom is 0.178 e. The van der Waals surface area contributed by atoms with Crippen molar-refractivity contribution in [3.05, 3.63) is 30.0 Å². The summed E-state index contributed by atoms with van der Waals surface area (Å²) in [6, 6.07) is -0.0411. The zero-order chi connectivity index (χ0) is 11.7. The monoisotopic (exact) mass is 217 g/mol. The summed E-state index contributed by atoms with van der Waals surface area (Å²) in [5.41, 5.74) is 8.61. The number of nitrogens with zero attached hydrogens (tertiary/aromatic N) is 4. The molecule has 0 saturated heterocycles.